The maximum atomic E-state index is 12.3. The number of hydrogen-bond donors (Lipinski definition) is 1. The Morgan fingerprint density at radius 3 is 2.31 bits per heavy atom. The van der Waals surface area contributed by atoms with Crippen molar-refractivity contribution < 1.29 is 9.53 Å². The number of rotatable bonds is 3. The van der Waals surface area contributed by atoms with Crippen LogP contribution in [0.1, 0.15) is 34.0 Å². The van der Waals surface area contributed by atoms with Crippen molar-refractivity contribution in [3.05, 3.63) is 102 Å². The standard InChI is InChI=1S/C22H18N2O2/c25-22(17-11-5-2-6-12-17)24-23-19-15-21(16-9-3-1-4-10-16)26-20-14-8-7-13-18(19)20/h1-14,21H,15H2,(H,24,25)/b23-19+. The molecule has 128 valence electrons. The minimum Gasteiger partial charge on any atom is -0.485 e. The highest BCUT2D eigenvalue weighted by Crippen LogP contribution is 2.34. The number of ether oxygens (including phenoxy) is 1. The van der Waals surface area contributed by atoms with Gasteiger partial charge in [0.25, 0.3) is 5.91 Å². The third-order valence-electron chi connectivity index (χ3n) is 4.35. The summed E-state index contributed by atoms with van der Waals surface area (Å²) in [6.45, 7) is 0. The summed E-state index contributed by atoms with van der Waals surface area (Å²) in [4.78, 5) is 12.3. The van der Waals surface area contributed by atoms with Crippen molar-refractivity contribution in [1.29, 1.82) is 0 Å². The van der Waals surface area contributed by atoms with Gasteiger partial charge in [-0.05, 0) is 29.8 Å². The molecule has 0 fully saturated rings. The van der Waals surface area contributed by atoms with Crippen LogP contribution in [0.5, 0.6) is 5.75 Å². The van der Waals surface area contributed by atoms with Gasteiger partial charge in [-0.3, -0.25) is 4.79 Å². The molecule has 0 bridgehead atoms. The highest BCUT2D eigenvalue weighted by Gasteiger charge is 2.26. The first-order valence-electron chi connectivity index (χ1n) is 8.54. The second kappa shape index (κ2) is 7.23. The first-order valence-corrected chi connectivity index (χ1v) is 8.54. The van der Waals surface area contributed by atoms with Crippen LogP contribution >= 0.6 is 0 Å². The fourth-order valence-electron chi connectivity index (χ4n) is 3.02. The topological polar surface area (TPSA) is 50.7 Å². The van der Waals surface area contributed by atoms with Crippen LogP contribution in [0.25, 0.3) is 0 Å². The van der Waals surface area contributed by atoms with E-state index in [0.717, 1.165) is 22.6 Å². The monoisotopic (exact) mass is 342 g/mol. The van der Waals surface area contributed by atoms with Crippen LogP contribution in [0.4, 0.5) is 0 Å². The molecule has 0 saturated carbocycles. The van der Waals surface area contributed by atoms with E-state index in [2.05, 4.69) is 10.5 Å². The van der Waals surface area contributed by atoms with Gasteiger partial charge in [0.2, 0.25) is 0 Å². The number of para-hydroxylation sites is 1. The van der Waals surface area contributed by atoms with E-state index in [1.54, 1.807) is 12.1 Å². The Hall–Kier alpha value is -3.40. The highest BCUT2D eigenvalue weighted by atomic mass is 16.5. The highest BCUT2D eigenvalue weighted by molar-refractivity contribution is 6.05. The maximum Gasteiger partial charge on any atom is 0.271 e. The lowest BCUT2D eigenvalue weighted by Gasteiger charge is -2.27. The fraction of sp³-hybridized carbons (Fsp3) is 0.0909. The summed E-state index contributed by atoms with van der Waals surface area (Å²) in [6, 6.07) is 26.9. The lowest BCUT2D eigenvalue weighted by atomic mass is 9.96. The molecule has 1 aliphatic heterocycles. The summed E-state index contributed by atoms with van der Waals surface area (Å²) in [5.74, 6) is 0.554. The van der Waals surface area contributed by atoms with Gasteiger partial charge >= 0.3 is 0 Å². The molecule has 0 radical (unpaired) electrons. The molecular formula is C22H18N2O2. The first-order chi connectivity index (χ1) is 12.8. The van der Waals surface area contributed by atoms with E-state index in [1.165, 1.54) is 0 Å². The smallest absolute Gasteiger partial charge is 0.271 e. The number of carbonyl (C=O) groups excluding carboxylic acids is 1. The molecule has 0 spiro atoms. The van der Waals surface area contributed by atoms with Crippen molar-refractivity contribution in [2.24, 2.45) is 5.10 Å². The number of hydrazone groups is 1. The molecule has 1 N–H and O–H groups in total. The Labute approximate surface area is 152 Å². The summed E-state index contributed by atoms with van der Waals surface area (Å²) in [7, 11) is 0. The van der Waals surface area contributed by atoms with E-state index in [1.807, 2.05) is 72.8 Å². The third kappa shape index (κ3) is 3.35. The molecule has 4 heteroatoms. The van der Waals surface area contributed by atoms with Crippen molar-refractivity contribution in [1.82, 2.24) is 5.43 Å². The van der Waals surface area contributed by atoms with Crippen LogP contribution in [-0.4, -0.2) is 11.6 Å². The number of carbonyl (C=O) groups is 1. The van der Waals surface area contributed by atoms with Crippen molar-refractivity contribution >= 4 is 11.6 Å². The van der Waals surface area contributed by atoms with E-state index in [-0.39, 0.29) is 12.0 Å². The summed E-state index contributed by atoms with van der Waals surface area (Å²) in [6.07, 6.45) is 0.467. The molecule has 0 aliphatic carbocycles. The van der Waals surface area contributed by atoms with Gasteiger partial charge in [-0.1, -0.05) is 60.7 Å². The van der Waals surface area contributed by atoms with Crippen LogP contribution in [0.15, 0.2) is 90.0 Å². The van der Waals surface area contributed by atoms with Gasteiger partial charge in [0.1, 0.15) is 11.9 Å². The number of amides is 1. The molecule has 4 rings (SSSR count). The van der Waals surface area contributed by atoms with E-state index in [9.17, 15) is 4.79 Å². The average molecular weight is 342 g/mol. The van der Waals surface area contributed by atoms with E-state index in [0.29, 0.717) is 12.0 Å². The molecule has 1 aliphatic rings. The fourth-order valence-corrected chi connectivity index (χ4v) is 3.02. The van der Waals surface area contributed by atoms with Gasteiger partial charge in [-0.2, -0.15) is 5.10 Å². The van der Waals surface area contributed by atoms with Gasteiger partial charge in [-0.25, -0.2) is 5.43 Å². The predicted molar refractivity (Wildman–Crippen MR) is 101 cm³/mol. The third-order valence-corrected chi connectivity index (χ3v) is 4.35. The number of nitrogens with zero attached hydrogens (tertiary/aromatic N) is 1. The van der Waals surface area contributed by atoms with E-state index < -0.39 is 0 Å². The molecule has 4 nitrogen and oxygen atoms in total. The zero-order valence-corrected chi connectivity index (χ0v) is 14.1. The number of nitrogens with one attached hydrogen (secondary N) is 1. The Morgan fingerprint density at radius 1 is 0.885 bits per heavy atom. The number of hydrogen-bond acceptors (Lipinski definition) is 3. The number of benzene rings is 3. The minimum absolute atomic E-state index is 0.126. The molecular weight excluding hydrogens is 324 g/mol. The largest absolute Gasteiger partial charge is 0.485 e. The van der Waals surface area contributed by atoms with Crippen LogP contribution in [0, 0.1) is 0 Å². The van der Waals surface area contributed by atoms with Crippen LogP contribution < -0.4 is 10.2 Å². The Bertz CT molecular complexity index is 937. The Balaban J connectivity index is 1.62. The SMILES string of the molecule is O=C(N/N=C1\CC(c2ccccc2)Oc2ccccc21)c1ccccc1. The zero-order chi connectivity index (χ0) is 17.8. The van der Waals surface area contributed by atoms with Crippen molar-refractivity contribution in [2.45, 2.75) is 12.5 Å². The average Bonchev–Trinajstić information content (AvgIpc) is 2.73. The van der Waals surface area contributed by atoms with Gasteiger partial charge in [0, 0.05) is 17.5 Å². The van der Waals surface area contributed by atoms with Gasteiger partial charge in [-0.15, -0.1) is 0 Å². The normalized spacial score (nSPS) is 17.2. The molecule has 3 aromatic carbocycles. The molecule has 1 heterocycles. The Morgan fingerprint density at radius 2 is 1.54 bits per heavy atom. The predicted octanol–water partition coefficient (Wildman–Crippen LogP) is 4.34. The summed E-state index contributed by atoms with van der Waals surface area (Å²) < 4.78 is 6.15. The van der Waals surface area contributed by atoms with Crippen molar-refractivity contribution in [2.75, 3.05) is 0 Å². The summed E-state index contributed by atoms with van der Waals surface area (Å²) in [5, 5.41) is 4.41. The lowest BCUT2D eigenvalue weighted by Crippen LogP contribution is -2.25. The molecule has 0 saturated heterocycles. The van der Waals surface area contributed by atoms with E-state index >= 15 is 0 Å². The molecule has 1 amide bonds. The quantitative estimate of drug-likeness (QED) is 0.720. The van der Waals surface area contributed by atoms with Crippen molar-refractivity contribution in [3.8, 4) is 5.75 Å². The molecule has 1 atom stereocenters. The van der Waals surface area contributed by atoms with Gasteiger partial charge < -0.3 is 4.74 Å². The minimum atomic E-state index is -0.224. The zero-order valence-electron chi connectivity index (χ0n) is 14.1. The van der Waals surface area contributed by atoms with Crippen LogP contribution in [-0.2, 0) is 0 Å². The number of fused-ring (bicyclic) bond motifs is 1. The first kappa shape index (κ1) is 16.1. The van der Waals surface area contributed by atoms with E-state index in [4.69, 9.17) is 4.74 Å². The molecule has 26 heavy (non-hydrogen) atoms. The lowest BCUT2D eigenvalue weighted by molar-refractivity contribution is 0.0954. The second-order valence-electron chi connectivity index (χ2n) is 6.08. The van der Waals surface area contributed by atoms with Gasteiger partial charge in [0.15, 0.2) is 0 Å². The summed E-state index contributed by atoms with van der Waals surface area (Å²) >= 11 is 0. The Kier molecular flexibility index (Phi) is 4.48. The molecule has 0 aromatic heterocycles. The maximum absolute atomic E-state index is 12.3. The second-order valence-corrected chi connectivity index (χ2v) is 6.08. The van der Waals surface area contributed by atoms with Gasteiger partial charge in [0.05, 0.1) is 5.71 Å². The van der Waals surface area contributed by atoms with Crippen LogP contribution in [0.2, 0.25) is 0 Å². The molecule has 3 aromatic rings. The molecule has 1 unspecified atom stereocenters. The van der Waals surface area contributed by atoms with Crippen LogP contribution in [0.3, 0.4) is 0 Å². The van der Waals surface area contributed by atoms with Crippen molar-refractivity contribution in [3.63, 3.8) is 0 Å². The summed E-state index contributed by atoms with van der Waals surface area (Å²) in [5.41, 5.74) is 6.06.